The van der Waals surface area contributed by atoms with Crippen molar-refractivity contribution >= 4 is 22.8 Å². The first-order valence-corrected chi connectivity index (χ1v) is 12.9. The topological polar surface area (TPSA) is 83.9 Å². The highest BCUT2D eigenvalue weighted by molar-refractivity contribution is 5.91. The number of aromatic nitrogens is 4. The Morgan fingerprint density at radius 2 is 1.44 bits per heavy atom. The third kappa shape index (κ3) is 4.22. The van der Waals surface area contributed by atoms with E-state index < -0.39 is 0 Å². The van der Waals surface area contributed by atoms with Crippen molar-refractivity contribution in [3.05, 3.63) is 20.8 Å². The Kier molecular flexibility index (Phi) is 6.61. The van der Waals surface area contributed by atoms with Crippen LogP contribution in [0.1, 0.15) is 58.4 Å². The molecule has 3 aliphatic rings. The quantitative estimate of drug-likeness (QED) is 0.638. The minimum atomic E-state index is -0.296. The van der Waals surface area contributed by atoms with Gasteiger partial charge in [0.1, 0.15) is 0 Å². The number of aryl methyl sites for hydroxylation is 1. The molecule has 3 aliphatic heterocycles. The molecule has 10 heteroatoms. The Balaban J connectivity index is 1.49. The summed E-state index contributed by atoms with van der Waals surface area (Å²) < 4.78 is 4.92. The average molecular weight is 471 g/mol. The minimum absolute atomic E-state index is 0.0908. The highest BCUT2D eigenvalue weighted by atomic mass is 16.2. The third-order valence-electron chi connectivity index (χ3n) is 7.82. The number of likely N-dealkylation sites (tertiary alicyclic amines) is 2. The predicted octanol–water partition coefficient (Wildman–Crippen LogP) is 1.63. The van der Waals surface area contributed by atoms with Crippen LogP contribution in [0.25, 0.3) is 11.2 Å². The zero-order valence-electron chi connectivity index (χ0n) is 20.9. The first-order valence-electron chi connectivity index (χ1n) is 12.9. The van der Waals surface area contributed by atoms with E-state index in [0.717, 1.165) is 45.0 Å². The van der Waals surface area contributed by atoms with Crippen molar-refractivity contribution in [3.8, 4) is 0 Å². The van der Waals surface area contributed by atoms with E-state index in [4.69, 9.17) is 10.1 Å². The summed E-state index contributed by atoms with van der Waals surface area (Å²) in [7, 11) is 1.72. The molecule has 0 saturated carbocycles. The normalized spacial score (nSPS) is 22.3. The second-order valence-corrected chi connectivity index (χ2v) is 10.1. The lowest BCUT2D eigenvalue weighted by molar-refractivity contribution is 0.218. The van der Waals surface area contributed by atoms with Gasteiger partial charge in [0, 0.05) is 26.7 Å². The summed E-state index contributed by atoms with van der Waals surface area (Å²) in [6.07, 6.45) is 7.44. The lowest BCUT2D eigenvalue weighted by Crippen LogP contribution is -2.43. The third-order valence-corrected chi connectivity index (χ3v) is 7.82. The van der Waals surface area contributed by atoms with Gasteiger partial charge in [-0.3, -0.25) is 18.5 Å². The van der Waals surface area contributed by atoms with Gasteiger partial charge in [-0.1, -0.05) is 12.8 Å². The van der Waals surface area contributed by atoms with Crippen LogP contribution in [-0.2, 0) is 13.6 Å². The van der Waals surface area contributed by atoms with Crippen LogP contribution in [0, 0.1) is 0 Å². The highest BCUT2D eigenvalue weighted by Gasteiger charge is 2.31. The largest absolute Gasteiger partial charge is 0.332 e. The van der Waals surface area contributed by atoms with Crippen molar-refractivity contribution in [1.29, 1.82) is 0 Å². The van der Waals surface area contributed by atoms with Gasteiger partial charge in [-0.15, -0.1) is 0 Å². The van der Waals surface area contributed by atoms with Gasteiger partial charge in [-0.25, -0.2) is 9.80 Å². The number of nitrogens with zero attached hydrogens (tertiary/aromatic N) is 8. The lowest BCUT2D eigenvalue weighted by Gasteiger charge is -2.32. The van der Waals surface area contributed by atoms with Gasteiger partial charge >= 0.3 is 5.69 Å². The molecule has 34 heavy (non-hydrogen) atoms. The monoisotopic (exact) mass is 470 g/mol. The Morgan fingerprint density at radius 1 is 0.853 bits per heavy atom. The van der Waals surface area contributed by atoms with Crippen molar-refractivity contribution in [2.45, 2.75) is 65.0 Å². The molecular weight excluding hydrogens is 432 g/mol. The Morgan fingerprint density at radius 3 is 2.06 bits per heavy atom. The first-order chi connectivity index (χ1) is 16.5. The van der Waals surface area contributed by atoms with Crippen molar-refractivity contribution in [2.75, 3.05) is 50.8 Å². The molecule has 0 aromatic carbocycles. The summed E-state index contributed by atoms with van der Waals surface area (Å²) >= 11 is 0. The highest BCUT2D eigenvalue weighted by Crippen LogP contribution is 2.29. The number of rotatable bonds is 6. The maximum atomic E-state index is 13.7. The lowest BCUT2D eigenvalue weighted by atomic mass is 10.1. The standard InChI is InChI=1S/C24H38N8O2/c1-18-19(2)32-20-21(25-23(32)31(26-18)17-15-29-12-8-5-9-13-29)27(3)24(34)30(22(20)33)16-14-28-10-6-4-7-11-28/h19H,4-17H2,1-3H3. The number of hydrogen-bond donors (Lipinski definition) is 0. The molecule has 2 aromatic rings. The summed E-state index contributed by atoms with van der Waals surface area (Å²) in [5.74, 6) is 0.658. The fraction of sp³-hybridized carbons (Fsp3) is 0.750. The van der Waals surface area contributed by atoms with E-state index in [1.165, 1.54) is 47.7 Å². The Hall–Kier alpha value is -2.46. The number of piperidine rings is 2. The molecule has 0 amide bonds. The molecule has 0 spiro atoms. The summed E-state index contributed by atoms with van der Waals surface area (Å²) in [5.41, 5.74) is 1.35. The average Bonchev–Trinajstić information content (AvgIpc) is 3.27. The summed E-state index contributed by atoms with van der Waals surface area (Å²) in [6, 6.07) is -0.0908. The van der Waals surface area contributed by atoms with Crippen molar-refractivity contribution in [1.82, 2.24) is 28.5 Å². The summed E-state index contributed by atoms with van der Waals surface area (Å²) in [5, 5.41) is 6.75. The van der Waals surface area contributed by atoms with Crippen LogP contribution in [0.3, 0.4) is 0 Å². The van der Waals surface area contributed by atoms with Gasteiger partial charge in [0.2, 0.25) is 5.95 Å². The number of hydrogen-bond acceptors (Lipinski definition) is 7. The first kappa shape index (κ1) is 23.3. The molecule has 2 aromatic heterocycles. The van der Waals surface area contributed by atoms with Crippen LogP contribution in [0.15, 0.2) is 14.7 Å². The van der Waals surface area contributed by atoms with Gasteiger partial charge in [0.05, 0.1) is 18.3 Å². The fourth-order valence-electron chi connectivity index (χ4n) is 5.57. The molecule has 0 bridgehead atoms. The number of hydrazone groups is 1. The van der Waals surface area contributed by atoms with Gasteiger partial charge in [0.15, 0.2) is 11.2 Å². The maximum absolute atomic E-state index is 13.7. The van der Waals surface area contributed by atoms with E-state index in [1.54, 1.807) is 7.05 Å². The van der Waals surface area contributed by atoms with Crippen LogP contribution >= 0.6 is 0 Å². The second-order valence-electron chi connectivity index (χ2n) is 10.1. The SMILES string of the molecule is CC1=NN(CCN2CCCCC2)c2nc3c(c(=O)n(CCN4CCCCC4)c(=O)n3C)n2C1C. The second kappa shape index (κ2) is 9.65. The van der Waals surface area contributed by atoms with E-state index in [1.807, 2.05) is 23.4 Å². The molecule has 1 atom stereocenters. The van der Waals surface area contributed by atoms with Crippen LogP contribution in [0.5, 0.6) is 0 Å². The summed E-state index contributed by atoms with van der Waals surface area (Å²) in [6.45, 7) is 11.1. The molecule has 2 saturated heterocycles. The molecular formula is C24H38N8O2. The van der Waals surface area contributed by atoms with Crippen LogP contribution < -0.4 is 16.3 Å². The van der Waals surface area contributed by atoms with Crippen molar-refractivity contribution < 1.29 is 0 Å². The molecule has 0 aliphatic carbocycles. The Labute approximate surface area is 200 Å². The fourth-order valence-corrected chi connectivity index (χ4v) is 5.57. The van der Waals surface area contributed by atoms with E-state index >= 15 is 0 Å². The minimum Gasteiger partial charge on any atom is -0.302 e. The van der Waals surface area contributed by atoms with Crippen molar-refractivity contribution in [3.63, 3.8) is 0 Å². The maximum Gasteiger partial charge on any atom is 0.332 e. The zero-order chi connectivity index (χ0) is 23.8. The van der Waals surface area contributed by atoms with Crippen molar-refractivity contribution in [2.24, 2.45) is 12.1 Å². The molecule has 186 valence electrons. The smallest absolute Gasteiger partial charge is 0.302 e. The molecule has 10 nitrogen and oxygen atoms in total. The molecule has 0 N–H and O–H groups in total. The molecule has 2 fully saturated rings. The van der Waals surface area contributed by atoms with Gasteiger partial charge < -0.3 is 9.80 Å². The van der Waals surface area contributed by atoms with Gasteiger partial charge in [-0.2, -0.15) is 10.1 Å². The Bertz CT molecular complexity index is 1180. The van der Waals surface area contributed by atoms with E-state index in [2.05, 4.69) is 9.80 Å². The van der Waals surface area contributed by atoms with E-state index in [-0.39, 0.29) is 17.3 Å². The molecule has 5 heterocycles. The number of imidazole rings is 1. The molecule has 0 radical (unpaired) electrons. The van der Waals surface area contributed by atoms with Gasteiger partial charge in [0.25, 0.3) is 5.56 Å². The van der Waals surface area contributed by atoms with Crippen LogP contribution in [0.4, 0.5) is 5.95 Å². The van der Waals surface area contributed by atoms with Crippen LogP contribution in [0.2, 0.25) is 0 Å². The zero-order valence-corrected chi connectivity index (χ0v) is 20.9. The molecule has 5 rings (SSSR count). The van der Waals surface area contributed by atoms with Crippen LogP contribution in [-0.4, -0.2) is 80.0 Å². The number of fused-ring (bicyclic) bond motifs is 3. The summed E-state index contributed by atoms with van der Waals surface area (Å²) in [4.78, 5) is 36.5. The molecule has 1 unspecified atom stereocenters. The van der Waals surface area contributed by atoms with Gasteiger partial charge in [-0.05, 0) is 65.7 Å². The number of anilines is 1. The predicted molar refractivity (Wildman–Crippen MR) is 135 cm³/mol. The van der Waals surface area contributed by atoms with E-state index in [0.29, 0.717) is 30.2 Å². The van der Waals surface area contributed by atoms with E-state index in [9.17, 15) is 9.59 Å².